The fourth-order valence-electron chi connectivity index (χ4n) is 0.987. The number of hydrogen-bond acceptors (Lipinski definition) is 4. The van der Waals surface area contributed by atoms with Crippen LogP contribution in [0.25, 0.3) is 0 Å². The monoisotopic (exact) mass is 196 g/mol. The lowest BCUT2D eigenvalue weighted by Crippen LogP contribution is -2.06. The van der Waals surface area contributed by atoms with E-state index in [1.165, 1.54) is 0 Å². The van der Waals surface area contributed by atoms with Gasteiger partial charge in [-0.05, 0) is 18.2 Å². The van der Waals surface area contributed by atoms with Crippen LogP contribution in [0.5, 0.6) is 5.75 Å². The molecule has 74 valence electrons. The van der Waals surface area contributed by atoms with Crippen LogP contribution in [-0.4, -0.2) is 33.7 Å². The van der Waals surface area contributed by atoms with Gasteiger partial charge >= 0.3 is 5.97 Å². The molecule has 0 saturated heterocycles. The van der Waals surface area contributed by atoms with Gasteiger partial charge in [0.05, 0.1) is 5.56 Å². The molecule has 0 aliphatic rings. The molecule has 1 aromatic rings. The van der Waals surface area contributed by atoms with E-state index in [1.54, 1.807) is 0 Å². The molecule has 0 amide bonds. The van der Waals surface area contributed by atoms with E-state index in [2.05, 4.69) is 0 Å². The van der Waals surface area contributed by atoms with Crippen molar-refractivity contribution in [1.29, 1.82) is 0 Å². The quantitative estimate of drug-likeness (QED) is 0.603. The first-order valence-corrected chi connectivity index (χ1v) is 3.76. The molecular weight excluding hydrogens is 188 g/mol. The Morgan fingerprint density at radius 1 is 1.14 bits per heavy atom. The number of carbonyl (C=O) groups excluding carboxylic acids is 1. The van der Waals surface area contributed by atoms with Gasteiger partial charge in [0.25, 0.3) is 0 Å². The molecule has 14 heavy (non-hydrogen) atoms. The molecular formula is C9H8O5. The van der Waals surface area contributed by atoms with Crippen molar-refractivity contribution in [3.05, 3.63) is 29.3 Å². The standard InChI is InChI=1S/C9H8O5/c10-4-8(12)5-1-6(9(13)14)3-7(11)2-5/h1-3,10-11H,4H2,(H,13,14). The van der Waals surface area contributed by atoms with Crippen LogP contribution in [-0.2, 0) is 0 Å². The zero-order chi connectivity index (χ0) is 10.7. The number of carbonyl (C=O) groups is 2. The van der Waals surface area contributed by atoms with E-state index < -0.39 is 18.4 Å². The number of ketones is 1. The summed E-state index contributed by atoms with van der Waals surface area (Å²) in [6.45, 7) is -0.720. The number of carboxylic acid groups (broad SMARTS) is 1. The largest absolute Gasteiger partial charge is 0.508 e. The van der Waals surface area contributed by atoms with E-state index in [0.29, 0.717) is 0 Å². The van der Waals surface area contributed by atoms with Crippen molar-refractivity contribution in [2.45, 2.75) is 0 Å². The Labute approximate surface area is 79.2 Å². The number of carboxylic acids is 1. The zero-order valence-corrected chi connectivity index (χ0v) is 7.10. The van der Waals surface area contributed by atoms with E-state index in [4.69, 9.17) is 15.3 Å². The van der Waals surface area contributed by atoms with Crippen LogP contribution in [0.4, 0.5) is 0 Å². The highest BCUT2D eigenvalue weighted by atomic mass is 16.4. The number of aliphatic hydroxyl groups excluding tert-OH is 1. The summed E-state index contributed by atoms with van der Waals surface area (Å²) in [6, 6.07) is 3.22. The minimum absolute atomic E-state index is 0.0232. The second-order valence-corrected chi connectivity index (χ2v) is 2.66. The van der Waals surface area contributed by atoms with Gasteiger partial charge in [0.2, 0.25) is 0 Å². The van der Waals surface area contributed by atoms with Crippen molar-refractivity contribution in [2.24, 2.45) is 0 Å². The molecule has 3 N–H and O–H groups in total. The number of phenols is 1. The van der Waals surface area contributed by atoms with Gasteiger partial charge in [0.1, 0.15) is 12.4 Å². The summed E-state index contributed by atoms with van der Waals surface area (Å²) in [5, 5.41) is 26.2. The second kappa shape index (κ2) is 3.89. The van der Waals surface area contributed by atoms with E-state index in [-0.39, 0.29) is 16.9 Å². The molecule has 0 spiro atoms. The molecule has 0 fully saturated rings. The zero-order valence-electron chi connectivity index (χ0n) is 7.10. The summed E-state index contributed by atoms with van der Waals surface area (Å²) in [5.41, 5.74) is -0.216. The predicted molar refractivity (Wildman–Crippen MR) is 46.5 cm³/mol. The van der Waals surface area contributed by atoms with Crippen LogP contribution in [0.15, 0.2) is 18.2 Å². The Balaban J connectivity index is 3.20. The number of aromatic carboxylic acids is 1. The highest BCUT2D eigenvalue weighted by Crippen LogP contribution is 2.16. The van der Waals surface area contributed by atoms with Crippen molar-refractivity contribution < 1.29 is 24.9 Å². The summed E-state index contributed by atoms with van der Waals surface area (Å²) in [7, 11) is 0. The third-order valence-electron chi connectivity index (χ3n) is 1.63. The predicted octanol–water partition coefficient (Wildman–Crippen LogP) is 0.265. The van der Waals surface area contributed by atoms with Crippen LogP contribution in [0.3, 0.4) is 0 Å². The Hall–Kier alpha value is -1.88. The van der Waals surface area contributed by atoms with Crippen LogP contribution in [0, 0.1) is 0 Å². The number of phenolic OH excluding ortho intramolecular Hbond substituents is 1. The van der Waals surface area contributed by atoms with E-state index in [0.717, 1.165) is 18.2 Å². The van der Waals surface area contributed by atoms with E-state index >= 15 is 0 Å². The Kier molecular flexibility index (Phi) is 2.83. The van der Waals surface area contributed by atoms with Crippen molar-refractivity contribution in [3.8, 4) is 5.75 Å². The number of aliphatic hydroxyl groups is 1. The van der Waals surface area contributed by atoms with Crippen molar-refractivity contribution in [1.82, 2.24) is 0 Å². The molecule has 0 bridgehead atoms. The Bertz CT molecular complexity index is 383. The maximum absolute atomic E-state index is 11.0. The topological polar surface area (TPSA) is 94.8 Å². The van der Waals surface area contributed by atoms with Gasteiger partial charge in [0, 0.05) is 5.56 Å². The van der Waals surface area contributed by atoms with Crippen LogP contribution in [0.2, 0.25) is 0 Å². The molecule has 1 rings (SSSR count). The summed E-state index contributed by atoms with van der Waals surface area (Å²) < 4.78 is 0. The van der Waals surface area contributed by atoms with Gasteiger partial charge in [-0.15, -0.1) is 0 Å². The van der Waals surface area contributed by atoms with Crippen molar-refractivity contribution in [2.75, 3.05) is 6.61 Å². The Morgan fingerprint density at radius 2 is 1.71 bits per heavy atom. The average Bonchev–Trinajstić information content (AvgIpc) is 2.15. The normalized spacial score (nSPS) is 9.79. The molecule has 0 radical (unpaired) electrons. The summed E-state index contributed by atoms with van der Waals surface area (Å²) in [4.78, 5) is 21.5. The smallest absolute Gasteiger partial charge is 0.335 e. The second-order valence-electron chi connectivity index (χ2n) is 2.66. The molecule has 5 nitrogen and oxygen atoms in total. The molecule has 0 atom stereocenters. The van der Waals surface area contributed by atoms with Crippen molar-refractivity contribution >= 4 is 11.8 Å². The maximum Gasteiger partial charge on any atom is 0.335 e. The maximum atomic E-state index is 11.0. The number of benzene rings is 1. The average molecular weight is 196 g/mol. The fraction of sp³-hybridized carbons (Fsp3) is 0.111. The highest BCUT2D eigenvalue weighted by Gasteiger charge is 2.10. The number of hydrogen-bond donors (Lipinski definition) is 3. The lowest BCUT2D eigenvalue weighted by Gasteiger charge is -2.01. The molecule has 0 heterocycles. The molecule has 0 unspecified atom stereocenters. The molecule has 0 aliphatic carbocycles. The minimum Gasteiger partial charge on any atom is -0.508 e. The Morgan fingerprint density at radius 3 is 2.21 bits per heavy atom. The molecule has 5 heteroatoms. The third-order valence-corrected chi connectivity index (χ3v) is 1.63. The summed E-state index contributed by atoms with van der Waals surface area (Å²) >= 11 is 0. The minimum atomic E-state index is -1.24. The van der Waals surface area contributed by atoms with Gasteiger partial charge < -0.3 is 15.3 Å². The summed E-state index contributed by atoms with van der Waals surface area (Å²) in [5.74, 6) is -2.20. The fourth-order valence-corrected chi connectivity index (χ4v) is 0.987. The number of Topliss-reactive ketones (excluding diaryl/α,β-unsaturated/α-hetero) is 1. The van der Waals surface area contributed by atoms with Gasteiger partial charge in [-0.3, -0.25) is 4.79 Å². The third kappa shape index (κ3) is 2.08. The molecule has 1 aromatic carbocycles. The lowest BCUT2D eigenvalue weighted by molar-refractivity contribution is 0.0696. The summed E-state index contributed by atoms with van der Waals surface area (Å²) in [6.07, 6.45) is 0. The van der Waals surface area contributed by atoms with Gasteiger partial charge in [0.15, 0.2) is 5.78 Å². The van der Waals surface area contributed by atoms with Crippen molar-refractivity contribution in [3.63, 3.8) is 0 Å². The highest BCUT2D eigenvalue weighted by molar-refractivity contribution is 6.00. The first-order chi connectivity index (χ1) is 6.54. The lowest BCUT2D eigenvalue weighted by atomic mass is 10.1. The number of rotatable bonds is 3. The van der Waals surface area contributed by atoms with Crippen LogP contribution < -0.4 is 0 Å². The SMILES string of the molecule is O=C(O)c1cc(O)cc(C(=O)CO)c1. The molecule has 0 saturated carbocycles. The van der Waals surface area contributed by atoms with Crippen LogP contribution in [0.1, 0.15) is 20.7 Å². The molecule has 0 aliphatic heterocycles. The number of aromatic hydroxyl groups is 1. The van der Waals surface area contributed by atoms with Gasteiger partial charge in [-0.2, -0.15) is 0 Å². The van der Waals surface area contributed by atoms with E-state index in [9.17, 15) is 9.59 Å². The van der Waals surface area contributed by atoms with Crippen LogP contribution >= 0.6 is 0 Å². The first kappa shape index (κ1) is 10.2. The first-order valence-electron chi connectivity index (χ1n) is 3.76. The van der Waals surface area contributed by atoms with Gasteiger partial charge in [-0.1, -0.05) is 0 Å². The van der Waals surface area contributed by atoms with Gasteiger partial charge in [-0.25, -0.2) is 4.79 Å². The van der Waals surface area contributed by atoms with E-state index in [1.807, 2.05) is 0 Å². The molecule has 0 aromatic heterocycles.